The molecule has 0 aliphatic carbocycles. The Balaban J connectivity index is 2.20. The summed E-state index contributed by atoms with van der Waals surface area (Å²) in [6.07, 6.45) is 0. The van der Waals surface area contributed by atoms with E-state index in [0.29, 0.717) is 6.54 Å². The monoisotopic (exact) mass is 329 g/mol. The predicted octanol–water partition coefficient (Wildman–Crippen LogP) is 4.29. The fourth-order valence-electron chi connectivity index (χ4n) is 2.51. The topological polar surface area (TPSA) is 58.4 Å². The number of amides is 2. The number of aryl methyl sites for hydroxylation is 2. The van der Waals surface area contributed by atoms with Gasteiger partial charge in [0.15, 0.2) is 5.76 Å². The van der Waals surface area contributed by atoms with Crippen LogP contribution in [0.25, 0.3) is 11.3 Å². The first kappa shape index (κ1) is 18.0. The van der Waals surface area contributed by atoms with Gasteiger partial charge in [-0.05, 0) is 53.2 Å². The van der Waals surface area contributed by atoms with E-state index in [0.717, 1.165) is 22.6 Å². The number of hydrogen-bond donors (Lipinski definition) is 1. The highest BCUT2D eigenvalue weighted by atomic mass is 16.5. The molecule has 0 saturated heterocycles. The lowest BCUT2D eigenvalue weighted by Crippen LogP contribution is -2.45. The summed E-state index contributed by atoms with van der Waals surface area (Å²) in [6.45, 7) is 12.4. The van der Waals surface area contributed by atoms with E-state index in [4.69, 9.17) is 4.52 Å². The number of hydrogen-bond acceptors (Lipinski definition) is 3. The lowest BCUT2D eigenvalue weighted by Gasteiger charge is -2.27. The number of nitrogens with one attached hydrogen (secondary N) is 1. The molecule has 0 aliphatic rings. The van der Waals surface area contributed by atoms with E-state index in [9.17, 15) is 4.79 Å². The molecule has 1 N–H and O–H groups in total. The first-order valence-corrected chi connectivity index (χ1v) is 8.38. The maximum absolute atomic E-state index is 12.3. The second-order valence-corrected chi connectivity index (χ2v) is 6.83. The molecule has 5 heteroatoms. The SMILES string of the molecule is Cc1ccc(C)c(-c2cc(CN(C(=O)NC(C)C)C(C)C)no2)c1. The molecule has 1 aromatic heterocycles. The van der Waals surface area contributed by atoms with Gasteiger partial charge in [-0.1, -0.05) is 22.9 Å². The Kier molecular flexibility index (Phi) is 5.65. The van der Waals surface area contributed by atoms with Crippen LogP contribution < -0.4 is 5.32 Å². The standard InChI is InChI=1S/C19H27N3O2/c1-12(2)20-19(23)22(13(3)4)11-16-10-18(24-21-16)17-9-14(5)7-8-15(17)6/h7-10,12-13H,11H2,1-6H3,(H,20,23). The Hall–Kier alpha value is -2.30. The zero-order valence-electron chi connectivity index (χ0n) is 15.4. The summed E-state index contributed by atoms with van der Waals surface area (Å²) in [4.78, 5) is 14.1. The minimum Gasteiger partial charge on any atom is -0.356 e. The molecule has 2 amide bonds. The lowest BCUT2D eigenvalue weighted by atomic mass is 10.0. The van der Waals surface area contributed by atoms with Crippen LogP contribution in [0, 0.1) is 13.8 Å². The molecule has 0 aliphatic heterocycles. The summed E-state index contributed by atoms with van der Waals surface area (Å²) >= 11 is 0. The van der Waals surface area contributed by atoms with E-state index in [-0.39, 0.29) is 18.1 Å². The Morgan fingerprint density at radius 3 is 2.54 bits per heavy atom. The van der Waals surface area contributed by atoms with Crippen LogP contribution >= 0.6 is 0 Å². The Bertz CT molecular complexity index is 704. The van der Waals surface area contributed by atoms with Crippen molar-refractivity contribution in [3.8, 4) is 11.3 Å². The van der Waals surface area contributed by atoms with Crippen LogP contribution in [0.3, 0.4) is 0 Å². The van der Waals surface area contributed by atoms with Crippen molar-refractivity contribution >= 4 is 6.03 Å². The van der Waals surface area contributed by atoms with E-state index in [1.54, 1.807) is 4.90 Å². The molecule has 0 bridgehead atoms. The van der Waals surface area contributed by atoms with Gasteiger partial charge in [0, 0.05) is 23.7 Å². The van der Waals surface area contributed by atoms with Crippen LogP contribution in [0.4, 0.5) is 4.79 Å². The molecule has 1 aromatic carbocycles. The van der Waals surface area contributed by atoms with Crippen LogP contribution in [0.1, 0.15) is 44.5 Å². The number of carbonyl (C=O) groups excluding carboxylic acids is 1. The van der Waals surface area contributed by atoms with Gasteiger partial charge in [-0.3, -0.25) is 0 Å². The predicted molar refractivity (Wildman–Crippen MR) is 95.8 cm³/mol. The van der Waals surface area contributed by atoms with Crippen molar-refractivity contribution < 1.29 is 9.32 Å². The number of benzene rings is 1. The first-order chi connectivity index (χ1) is 11.3. The zero-order chi connectivity index (χ0) is 17.9. The molecule has 0 spiro atoms. The van der Waals surface area contributed by atoms with Gasteiger partial charge in [0.25, 0.3) is 0 Å². The van der Waals surface area contributed by atoms with Crippen molar-refractivity contribution in [1.29, 1.82) is 0 Å². The van der Waals surface area contributed by atoms with Gasteiger partial charge < -0.3 is 14.7 Å². The molecule has 2 aromatic rings. The maximum Gasteiger partial charge on any atom is 0.318 e. The van der Waals surface area contributed by atoms with E-state index in [2.05, 4.69) is 35.6 Å². The normalized spacial score (nSPS) is 11.2. The molecule has 0 saturated carbocycles. The minimum atomic E-state index is -0.0868. The van der Waals surface area contributed by atoms with Gasteiger partial charge in [0.2, 0.25) is 0 Å². The van der Waals surface area contributed by atoms with Crippen molar-refractivity contribution in [2.45, 2.75) is 60.2 Å². The Morgan fingerprint density at radius 1 is 1.21 bits per heavy atom. The lowest BCUT2D eigenvalue weighted by molar-refractivity contribution is 0.175. The van der Waals surface area contributed by atoms with Gasteiger partial charge in [0.05, 0.1) is 6.54 Å². The van der Waals surface area contributed by atoms with Gasteiger partial charge in [0.1, 0.15) is 5.69 Å². The molecule has 0 unspecified atom stereocenters. The van der Waals surface area contributed by atoms with Crippen LogP contribution in [-0.2, 0) is 6.54 Å². The molecule has 24 heavy (non-hydrogen) atoms. The van der Waals surface area contributed by atoms with Gasteiger partial charge in [-0.25, -0.2) is 4.79 Å². The highest BCUT2D eigenvalue weighted by molar-refractivity contribution is 5.74. The fraction of sp³-hybridized carbons (Fsp3) is 0.474. The summed E-state index contributed by atoms with van der Waals surface area (Å²) in [5, 5.41) is 7.08. The third-order valence-electron chi connectivity index (χ3n) is 3.85. The van der Waals surface area contributed by atoms with Crippen molar-refractivity contribution in [3.63, 3.8) is 0 Å². The summed E-state index contributed by atoms with van der Waals surface area (Å²) in [7, 11) is 0. The maximum atomic E-state index is 12.3. The van der Waals surface area contributed by atoms with E-state index < -0.39 is 0 Å². The summed E-state index contributed by atoms with van der Waals surface area (Å²) in [5.74, 6) is 0.735. The highest BCUT2D eigenvalue weighted by Gasteiger charge is 2.20. The second-order valence-electron chi connectivity index (χ2n) is 6.83. The minimum absolute atomic E-state index is 0.0737. The van der Waals surface area contributed by atoms with E-state index >= 15 is 0 Å². The van der Waals surface area contributed by atoms with Crippen molar-refractivity contribution in [3.05, 3.63) is 41.1 Å². The molecule has 0 fully saturated rings. The molecule has 130 valence electrons. The van der Waals surface area contributed by atoms with Crippen LogP contribution in [0.5, 0.6) is 0 Å². The van der Waals surface area contributed by atoms with Crippen molar-refractivity contribution in [2.75, 3.05) is 0 Å². The first-order valence-electron chi connectivity index (χ1n) is 8.38. The number of rotatable bonds is 5. The Morgan fingerprint density at radius 2 is 1.92 bits per heavy atom. The molecule has 2 rings (SSSR count). The molecular formula is C19H27N3O2. The second kappa shape index (κ2) is 7.51. The van der Waals surface area contributed by atoms with Gasteiger partial charge in [-0.2, -0.15) is 0 Å². The molecule has 0 atom stereocenters. The smallest absolute Gasteiger partial charge is 0.318 e. The fourth-order valence-corrected chi connectivity index (χ4v) is 2.51. The number of aromatic nitrogens is 1. The Labute approximate surface area is 144 Å². The van der Waals surface area contributed by atoms with Crippen molar-refractivity contribution in [1.82, 2.24) is 15.4 Å². The average Bonchev–Trinajstić information content (AvgIpc) is 2.94. The third-order valence-corrected chi connectivity index (χ3v) is 3.85. The van der Waals surface area contributed by atoms with E-state index in [1.165, 1.54) is 5.56 Å². The number of carbonyl (C=O) groups is 1. The molecule has 1 heterocycles. The third kappa shape index (κ3) is 4.37. The number of nitrogens with zero attached hydrogens (tertiary/aromatic N) is 2. The number of urea groups is 1. The molecule has 0 radical (unpaired) electrons. The quantitative estimate of drug-likeness (QED) is 0.890. The summed E-state index contributed by atoms with van der Waals surface area (Å²) < 4.78 is 5.52. The average molecular weight is 329 g/mol. The van der Waals surface area contributed by atoms with Gasteiger partial charge in [-0.15, -0.1) is 0 Å². The van der Waals surface area contributed by atoms with Crippen LogP contribution in [0.2, 0.25) is 0 Å². The van der Waals surface area contributed by atoms with Gasteiger partial charge >= 0.3 is 6.03 Å². The molecule has 5 nitrogen and oxygen atoms in total. The van der Waals surface area contributed by atoms with Crippen LogP contribution in [-0.4, -0.2) is 28.2 Å². The largest absolute Gasteiger partial charge is 0.356 e. The summed E-state index contributed by atoms with van der Waals surface area (Å²) in [6, 6.07) is 8.24. The zero-order valence-corrected chi connectivity index (χ0v) is 15.4. The molecular weight excluding hydrogens is 302 g/mol. The summed E-state index contributed by atoms with van der Waals surface area (Å²) in [5.41, 5.74) is 4.10. The van der Waals surface area contributed by atoms with E-state index in [1.807, 2.05) is 40.7 Å². The highest BCUT2D eigenvalue weighted by Crippen LogP contribution is 2.25. The van der Waals surface area contributed by atoms with Crippen LogP contribution in [0.15, 0.2) is 28.8 Å². The van der Waals surface area contributed by atoms with Crippen molar-refractivity contribution in [2.24, 2.45) is 0 Å².